The van der Waals surface area contributed by atoms with Crippen LogP contribution in [0, 0.1) is 0 Å². The van der Waals surface area contributed by atoms with Gasteiger partial charge in [-0.15, -0.1) is 23.5 Å². The minimum Gasteiger partial charge on any atom is -0.481 e. The molecule has 1 aromatic rings. The summed E-state index contributed by atoms with van der Waals surface area (Å²) in [6.07, 6.45) is 18.9. The van der Waals surface area contributed by atoms with Gasteiger partial charge in [0.25, 0.3) is 0 Å². The number of carboxylic acids is 2. The third-order valence-electron chi connectivity index (χ3n) is 5.68. The first-order valence-electron chi connectivity index (χ1n) is 12.9. The van der Waals surface area contributed by atoms with Crippen molar-refractivity contribution < 1.29 is 19.8 Å². The van der Waals surface area contributed by atoms with Gasteiger partial charge < -0.3 is 10.2 Å². The Labute approximate surface area is 209 Å². The lowest BCUT2D eigenvalue weighted by molar-refractivity contribution is -0.138. The molecule has 33 heavy (non-hydrogen) atoms. The van der Waals surface area contributed by atoms with E-state index in [0.29, 0.717) is 6.42 Å². The second kappa shape index (κ2) is 21.4. The van der Waals surface area contributed by atoms with Gasteiger partial charge in [-0.05, 0) is 42.9 Å². The summed E-state index contributed by atoms with van der Waals surface area (Å²) in [6.45, 7) is 0. The van der Waals surface area contributed by atoms with Gasteiger partial charge in [-0.3, -0.25) is 9.59 Å². The van der Waals surface area contributed by atoms with Gasteiger partial charge in [-0.2, -0.15) is 0 Å². The zero-order chi connectivity index (χ0) is 24.0. The van der Waals surface area contributed by atoms with E-state index in [-0.39, 0.29) is 6.42 Å². The van der Waals surface area contributed by atoms with Crippen LogP contribution in [0.5, 0.6) is 0 Å². The number of benzene rings is 1. The largest absolute Gasteiger partial charge is 0.481 e. The topological polar surface area (TPSA) is 74.6 Å². The summed E-state index contributed by atoms with van der Waals surface area (Å²) < 4.78 is 0. The van der Waals surface area contributed by atoms with Crippen molar-refractivity contribution >= 4 is 35.5 Å². The second-order valence-corrected chi connectivity index (χ2v) is 11.0. The Hall–Kier alpha value is -1.14. The average Bonchev–Trinajstić information content (AvgIpc) is 2.79. The Morgan fingerprint density at radius 3 is 1.27 bits per heavy atom. The molecule has 0 saturated carbocycles. The van der Waals surface area contributed by atoms with E-state index in [9.17, 15) is 9.59 Å². The predicted molar refractivity (Wildman–Crippen MR) is 142 cm³/mol. The molecule has 0 aliphatic rings. The van der Waals surface area contributed by atoms with Crippen LogP contribution in [0.3, 0.4) is 0 Å². The van der Waals surface area contributed by atoms with Crippen molar-refractivity contribution in [3.63, 3.8) is 0 Å². The Balaban J connectivity index is 1.90. The molecule has 188 valence electrons. The van der Waals surface area contributed by atoms with E-state index in [1.807, 2.05) is 11.8 Å². The molecule has 1 rings (SSSR count). The SMILES string of the molecule is O=C(O)CCCCCCCCCCCCCCCCSc1ccccc1SCCCC(=O)O. The number of carbonyl (C=O) groups is 2. The summed E-state index contributed by atoms with van der Waals surface area (Å²) in [7, 11) is 0. The van der Waals surface area contributed by atoms with Crippen molar-refractivity contribution in [3.8, 4) is 0 Å². The Bertz CT molecular complexity index is 636. The van der Waals surface area contributed by atoms with E-state index in [2.05, 4.69) is 24.3 Å². The van der Waals surface area contributed by atoms with Crippen molar-refractivity contribution in [2.24, 2.45) is 0 Å². The van der Waals surface area contributed by atoms with Crippen LogP contribution in [0.25, 0.3) is 0 Å². The fourth-order valence-corrected chi connectivity index (χ4v) is 5.98. The van der Waals surface area contributed by atoms with Gasteiger partial charge in [0, 0.05) is 22.6 Å². The summed E-state index contributed by atoms with van der Waals surface area (Å²) in [4.78, 5) is 23.7. The standard InChI is InChI=1S/C27H44O4S2/c28-26(29)20-13-11-9-7-5-3-1-2-4-6-8-10-12-16-22-32-24-18-14-15-19-25(24)33-23-17-21-27(30)31/h14-15,18-19H,1-13,16-17,20-23H2,(H,28,29)(H,30,31). The minimum absolute atomic E-state index is 0.250. The number of rotatable bonds is 23. The first kappa shape index (κ1) is 29.9. The smallest absolute Gasteiger partial charge is 0.303 e. The van der Waals surface area contributed by atoms with Crippen LogP contribution in [0.4, 0.5) is 0 Å². The molecular formula is C27H44O4S2. The van der Waals surface area contributed by atoms with Gasteiger partial charge in [0.1, 0.15) is 0 Å². The fraction of sp³-hybridized carbons (Fsp3) is 0.704. The van der Waals surface area contributed by atoms with Crippen molar-refractivity contribution in [1.29, 1.82) is 0 Å². The van der Waals surface area contributed by atoms with E-state index in [4.69, 9.17) is 10.2 Å². The molecule has 0 bridgehead atoms. The molecule has 0 aliphatic heterocycles. The van der Waals surface area contributed by atoms with Crippen LogP contribution < -0.4 is 0 Å². The Kier molecular flexibility index (Phi) is 19.4. The molecule has 0 atom stereocenters. The summed E-state index contributed by atoms with van der Waals surface area (Å²) in [5.41, 5.74) is 0. The zero-order valence-corrected chi connectivity index (χ0v) is 21.9. The molecule has 6 heteroatoms. The van der Waals surface area contributed by atoms with Crippen LogP contribution in [0.2, 0.25) is 0 Å². The second-order valence-electron chi connectivity index (χ2n) is 8.73. The fourth-order valence-electron chi connectivity index (χ4n) is 3.78. The summed E-state index contributed by atoms with van der Waals surface area (Å²) in [6, 6.07) is 8.49. The molecule has 0 fully saturated rings. The summed E-state index contributed by atoms with van der Waals surface area (Å²) >= 11 is 3.71. The number of aliphatic carboxylic acids is 2. The lowest BCUT2D eigenvalue weighted by Gasteiger charge is -2.08. The number of hydrogen-bond acceptors (Lipinski definition) is 4. The van der Waals surface area contributed by atoms with Crippen molar-refractivity contribution in [2.45, 2.75) is 119 Å². The lowest BCUT2D eigenvalue weighted by atomic mass is 10.0. The average molecular weight is 497 g/mol. The van der Waals surface area contributed by atoms with Crippen LogP contribution in [0.1, 0.15) is 109 Å². The predicted octanol–water partition coefficient (Wildman–Crippen LogP) is 8.67. The van der Waals surface area contributed by atoms with E-state index in [1.54, 1.807) is 11.8 Å². The highest BCUT2D eigenvalue weighted by Crippen LogP contribution is 2.32. The highest BCUT2D eigenvalue weighted by molar-refractivity contribution is 8.02. The third kappa shape index (κ3) is 18.9. The quantitative estimate of drug-likeness (QED) is 0.117. The lowest BCUT2D eigenvalue weighted by Crippen LogP contribution is -1.95. The van der Waals surface area contributed by atoms with Gasteiger partial charge >= 0.3 is 11.9 Å². The molecule has 0 radical (unpaired) electrons. The number of thioether (sulfide) groups is 2. The van der Waals surface area contributed by atoms with Gasteiger partial charge in [-0.1, -0.05) is 89.2 Å². The summed E-state index contributed by atoms with van der Waals surface area (Å²) in [5, 5.41) is 17.4. The van der Waals surface area contributed by atoms with Crippen LogP contribution in [-0.4, -0.2) is 33.7 Å². The van der Waals surface area contributed by atoms with Crippen molar-refractivity contribution in [2.75, 3.05) is 11.5 Å². The van der Waals surface area contributed by atoms with Crippen molar-refractivity contribution in [3.05, 3.63) is 24.3 Å². The van der Waals surface area contributed by atoms with Gasteiger partial charge in [-0.25, -0.2) is 0 Å². The molecule has 0 amide bonds. The van der Waals surface area contributed by atoms with Crippen LogP contribution in [0.15, 0.2) is 34.1 Å². The normalized spacial score (nSPS) is 11.0. The molecule has 1 aromatic carbocycles. The van der Waals surface area contributed by atoms with Crippen molar-refractivity contribution in [1.82, 2.24) is 0 Å². The highest BCUT2D eigenvalue weighted by Gasteiger charge is 2.04. The molecular weight excluding hydrogens is 452 g/mol. The molecule has 0 heterocycles. The van der Waals surface area contributed by atoms with Crippen LogP contribution in [-0.2, 0) is 9.59 Å². The van der Waals surface area contributed by atoms with E-state index >= 15 is 0 Å². The van der Waals surface area contributed by atoms with Gasteiger partial charge in [0.2, 0.25) is 0 Å². The zero-order valence-electron chi connectivity index (χ0n) is 20.3. The number of carboxylic acid groups (broad SMARTS) is 2. The van der Waals surface area contributed by atoms with Crippen LogP contribution >= 0.6 is 23.5 Å². The van der Waals surface area contributed by atoms with E-state index in [0.717, 1.165) is 30.8 Å². The molecule has 4 nitrogen and oxygen atoms in total. The molecule has 0 unspecified atom stereocenters. The maximum absolute atomic E-state index is 10.6. The molecule has 0 spiro atoms. The Morgan fingerprint density at radius 1 is 0.515 bits per heavy atom. The maximum atomic E-state index is 10.6. The van der Waals surface area contributed by atoms with Gasteiger partial charge in [0.15, 0.2) is 0 Å². The maximum Gasteiger partial charge on any atom is 0.303 e. The number of unbranched alkanes of at least 4 members (excludes halogenated alkanes) is 13. The third-order valence-corrected chi connectivity index (χ3v) is 8.13. The highest BCUT2D eigenvalue weighted by atomic mass is 32.2. The molecule has 0 saturated heterocycles. The minimum atomic E-state index is -0.712. The summed E-state index contributed by atoms with van der Waals surface area (Å²) in [5.74, 6) is 0.635. The molecule has 0 aliphatic carbocycles. The van der Waals surface area contributed by atoms with Gasteiger partial charge in [0.05, 0.1) is 0 Å². The number of hydrogen-bond donors (Lipinski definition) is 2. The first-order chi connectivity index (χ1) is 16.1. The Morgan fingerprint density at radius 2 is 0.848 bits per heavy atom. The molecule has 0 aromatic heterocycles. The van der Waals surface area contributed by atoms with E-state index < -0.39 is 11.9 Å². The first-order valence-corrected chi connectivity index (χ1v) is 14.8. The van der Waals surface area contributed by atoms with E-state index in [1.165, 1.54) is 86.8 Å². The monoisotopic (exact) mass is 496 g/mol. The molecule has 2 N–H and O–H groups in total.